The number of pyridine rings is 1. The zero-order valence-electron chi connectivity index (χ0n) is 15.0. The molecule has 27 heavy (non-hydrogen) atoms. The van der Waals surface area contributed by atoms with Gasteiger partial charge in [0, 0.05) is 18.0 Å². The van der Waals surface area contributed by atoms with Crippen molar-refractivity contribution in [2.45, 2.75) is 25.6 Å². The maximum atomic E-state index is 13.3. The number of benzene rings is 1. The van der Waals surface area contributed by atoms with E-state index in [4.69, 9.17) is 15.2 Å². The number of primary amides is 1. The van der Waals surface area contributed by atoms with Gasteiger partial charge in [-0.05, 0) is 30.5 Å². The Kier molecular flexibility index (Phi) is 6.86. The van der Waals surface area contributed by atoms with Crippen LogP contribution in [0, 0.1) is 0 Å². The zero-order valence-corrected chi connectivity index (χ0v) is 15.0. The van der Waals surface area contributed by atoms with E-state index in [1.165, 1.54) is 6.20 Å². The molecule has 1 aliphatic rings. The summed E-state index contributed by atoms with van der Waals surface area (Å²) >= 11 is 0. The molecule has 0 spiro atoms. The van der Waals surface area contributed by atoms with Gasteiger partial charge in [0.05, 0.1) is 25.4 Å². The van der Waals surface area contributed by atoms with Crippen molar-refractivity contribution in [2.75, 3.05) is 20.4 Å². The Balaban J connectivity index is 0.00000126. The highest BCUT2D eigenvalue weighted by molar-refractivity contribution is 6.01. The number of nitrogens with one attached hydrogen (secondary N) is 1. The molecular weight excluding hydrogens is 360 g/mol. The third-order valence-electron chi connectivity index (χ3n) is 3.94. The molecule has 146 valence electrons. The van der Waals surface area contributed by atoms with Crippen molar-refractivity contribution in [3.05, 3.63) is 30.0 Å². The summed E-state index contributed by atoms with van der Waals surface area (Å²) in [6.45, 7) is 2.26. The van der Waals surface area contributed by atoms with E-state index in [1.54, 1.807) is 25.1 Å². The molecule has 3 N–H and O–H groups in total. The quantitative estimate of drug-likeness (QED) is 0.796. The normalized spacial score (nSPS) is 18.4. The van der Waals surface area contributed by atoms with E-state index in [1.807, 2.05) is 0 Å². The van der Waals surface area contributed by atoms with Gasteiger partial charge in [0.2, 0.25) is 5.88 Å². The van der Waals surface area contributed by atoms with Gasteiger partial charge in [0.15, 0.2) is 6.17 Å². The lowest BCUT2D eigenvalue weighted by Gasteiger charge is -2.14. The molecule has 2 aromatic rings. The Morgan fingerprint density at radius 1 is 1.37 bits per heavy atom. The number of fused-ring (bicyclic) bond motifs is 1. The number of ether oxygens (including phenoxy) is 2. The Bertz CT molecular complexity index is 832. The van der Waals surface area contributed by atoms with Crippen molar-refractivity contribution in [3.8, 4) is 11.6 Å². The van der Waals surface area contributed by atoms with Crippen LogP contribution in [0.4, 0.5) is 8.78 Å². The topological polar surface area (TPSA) is 104 Å². The second kappa shape index (κ2) is 9.11. The maximum absolute atomic E-state index is 13.3. The van der Waals surface area contributed by atoms with Crippen LogP contribution < -0.4 is 20.5 Å². The second-order valence-corrected chi connectivity index (χ2v) is 5.70. The molecule has 0 bridgehead atoms. The number of carbonyl (C=O) groups excluding carboxylic acids is 2. The van der Waals surface area contributed by atoms with E-state index in [0.717, 1.165) is 0 Å². The number of carbonyl (C=O) groups is 2. The molecule has 1 aromatic carbocycles. The van der Waals surface area contributed by atoms with E-state index < -0.39 is 24.0 Å². The molecule has 9 heteroatoms. The first-order valence-corrected chi connectivity index (χ1v) is 8.30. The SMILES string of the molecule is CCOc1cc2c(OCC3CC(F)C(=O)N3)nccc2cc1C(N)=O.CF. The van der Waals surface area contributed by atoms with Crippen LogP contribution in [0.15, 0.2) is 24.4 Å². The number of hydrogen-bond donors (Lipinski definition) is 2. The molecule has 1 fully saturated rings. The molecule has 1 saturated heterocycles. The first-order valence-electron chi connectivity index (χ1n) is 8.30. The summed E-state index contributed by atoms with van der Waals surface area (Å²) in [5.74, 6) is -0.555. The summed E-state index contributed by atoms with van der Waals surface area (Å²) in [5, 5.41) is 3.87. The average molecular weight is 381 g/mol. The lowest BCUT2D eigenvalue weighted by molar-refractivity contribution is -0.123. The highest BCUT2D eigenvalue weighted by atomic mass is 19.1. The fourth-order valence-electron chi connectivity index (χ4n) is 2.75. The van der Waals surface area contributed by atoms with Crippen LogP contribution in [0.2, 0.25) is 0 Å². The lowest BCUT2D eigenvalue weighted by atomic mass is 10.1. The highest BCUT2D eigenvalue weighted by Crippen LogP contribution is 2.31. The van der Waals surface area contributed by atoms with Gasteiger partial charge in [-0.15, -0.1) is 0 Å². The summed E-state index contributed by atoms with van der Waals surface area (Å²) in [6, 6.07) is 4.58. The Morgan fingerprint density at radius 2 is 2.11 bits per heavy atom. The zero-order chi connectivity index (χ0) is 20.0. The minimum absolute atomic E-state index is 0.0691. The van der Waals surface area contributed by atoms with E-state index >= 15 is 0 Å². The van der Waals surface area contributed by atoms with E-state index in [-0.39, 0.29) is 18.6 Å². The molecule has 0 saturated carbocycles. The number of rotatable bonds is 6. The van der Waals surface area contributed by atoms with Crippen molar-refractivity contribution in [1.82, 2.24) is 10.3 Å². The van der Waals surface area contributed by atoms with E-state index in [9.17, 15) is 18.4 Å². The third-order valence-corrected chi connectivity index (χ3v) is 3.94. The van der Waals surface area contributed by atoms with Crippen LogP contribution in [0.3, 0.4) is 0 Å². The van der Waals surface area contributed by atoms with Gasteiger partial charge in [-0.1, -0.05) is 0 Å². The Labute approximate surface area is 154 Å². The molecule has 3 rings (SSSR count). The molecule has 1 aromatic heterocycles. The molecule has 7 nitrogen and oxygen atoms in total. The summed E-state index contributed by atoms with van der Waals surface area (Å²) in [4.78, 5) is 27.0. The number of aromatic nitrogens is 1. The van der Waals surface area contributed by atoms with Gasteiger partial charge in [-0.3, -0.25) is 14.0 Å². The van der Waals surface area contributed by atoms with Gasteiger partial charge < -0.3 is 20.5 Å². The molecule has 1 aliphatic heterocycles. The van der Waals surface area contributed by atoms with Gasteiger partial charge in [-0.25, -0.2) is 9.37 Å². The third kappa shape index (κ3) is 4.60. The van der Waals surface area contributed by atoms with Crippen molar-refractivity contribution in [2.24, 2.45) is 5.73 Å². The van der Waals surface area contributed by atoms with E-state index in [0.29, 0.717) is 36.2 Å². The summed E-state index contributed by atoms with van der Waals surface area (Å²) < 4.78 is 33.9. The minimum Gasteiger partial charge on any atom is -0.493 e. The largest absolute Gasteiger partial charge is 0.493 e. The fraction of sp³-hybridized carbons (Fsp3) is 0.389. The van der Waals surface area contributed by atoms with Gasteiger partial charge in [0.25, 0.3) is 11.8 Å². The molecule has 2 heterocycles. The lowest BCUT2D eigenvalue weighted by Crippen LogP contribution is -2.31. The number of alkyl halides is 2. The fourth-order valence-corrected chi connectivity index (χ4v) is 2.75. The molecule has 2 amide bonds. The van der Waals surface area contributed by atoms with Crippen LogP contribution in [-0.2, 0) is 4.79 Å². The standard InChI is InChI=1S/C17H18FN3O4.CH3F/c1-2-24-14-7-11-9(5-12(14)15(19)22)3-4-20-17(11)25-8-10-6-13(18)16(23)21-10;1-2/h3-5,7,10,13H,2,6,8H2,1H3,(H2,19,22)(H,21,23);1H3. The van der Waals surface area contributed by atoms with Crippen molar-refractivity contribution >= 4 is 22.6 Å². The van der Waals surface area contributed by atoms with E-state index in [2.05, 4.69) is 10.3 Å². The number of amides is 2. The van der Waals surface area contributed by atoms with Gasteiger partial charge >= 0.3 is 0 Å². The Hall–Kier alpha value is -2.97. The van der Waals surface area contributed by atoms with Crippen LogP contribution in [0.25, 0.3) is 10.8 Å². The molecule has 2 atom stereocenters. The van der Waals surface area contributed by atoms with Crippen LogP contribution in [0.5, 0.6) is 11.6 Å². The Morgan fingerprint density at radius 3 is 2.70 bits per heavy atom. The average Bonchev–Trinajstić information content (AvgIpc) is 2.99. The first kappa shape index (κ1) is 20.3. The maximum Gasteiger partial charge on any atom is 0.254 e. The monoisotopic (exact) mass is 381 g/mol. The molecular formula is C18H21F2N3O4. The van der Waals surface area contributed by atoms with Gasteiger partial charge in [-0.2, -0.15) is 0 Å². The number of halogens is 2. The number of nitrogens with zero attached hydrogens (tertiary/aromatic N) is 1. The van der Waals surface area contributed by atoms with Crippen molar-refractivity contribution in [1.29, 1.82) is 0 Å². The first-order chi connectivity index (χ1) is 13.0. The van der Waals surface area contributed by atoms with Crippen LogP contribution in [0.1, 0.15) is 23.7 Å². The van der Waals surface area contributed by atoms with Crippen LogP contribution in [-0.4, -0.2) is 49.4 Å². The minimum atomic E-state index is -1.50. The number of nitrogens with two attached hydrogens (primary N) is 1. The van der Waals surface area contributed by atoms with Crippen molar-refractivity contribution < 1.29 is 27.8 Å². The summed E-state index contributed by atoms with van der Waals surface area (Å²) in [7, 11) is 0.500. The van der Waals surface area contributed by atoms with Gasteiger partial charge in [0.1, 0.15) is 12.4 Å². The molecule has 0 radical (unpaired) electrons. The molecule has 2 unspecified atom stereocenters. The summed E-state index contributed by atoms with van der Waals surface area (Å²) in [5.41, 5.74) is 5.67. The second-order valence-electron chi connectivity index (χ2n) is 5.70. The highest BCUT2D eigenvalue weighted by Gasteiger charge is 2.32. The van der Waals surface area contributed by atoms with Crippen LogP contribution >= 0.6 is 0 Å². The van der Waals surface area contributed by atoms with Crippen molar-refractivity contribution in [3.63, 3.8) is 0 Å². The smallest absolute Gasteiger partial charge is 0.254 e. The predicted molar refractivity (Wildman–Crippen MR) is 95.4 cm³/mol. The predicted octanol–water partition coefficient (Wildman–Crippen LogP) is 1.92. The molecule has 0 aliphatic carbocycles. The summed E-state index contributed by atoms with van der Waals surface area (Å²) in [6.07, 6.45) is 0.102. The number of hydrogen-bond acceptors (Lipinski definition) is 5.